The molecule has 1 aromatic heterocycles. The maximum absolute atomic E-state index is 13.1. The van der Waals surface area contributed by atoms with Gasteiger partial charge < -0.3 is 9.64 Å². The average Bonchev–Trinajstić information content (AvgIpc) is 3.25. The van der Waals surface area contributed by atoms with Crippen LogP contribution in [0.1, 0.15) is 76.8 Å². The van der Waals surface area contributed by atoms with Gasteiger partial charge in [0.25, 0.3) is 0 Å². The Hall–Kier alpha value is -3.92. The summed E-state index contributed by atoms with van der Waals surface area (Å²) in [4.78, 5) is 54.1. The van der Waals surface area contributed by atoms with E-state index in [0.29, 0.717) is 23.9 Å². The first-order chi connectivity index (χ1) is 21.0. The van der Waals surface area contributed by atoms with Gasteiger partial charge in [0, 0.05) is 45.7 Å². The molecule has 6 rings (SSSR count). The maximum Gasteiger partial charge on any atom is 0.410 e. The zero-order valence-electron chi connectivity index (χ0n) is 26.2. The van der Waals surface area contributed by atoms with Gasteiger partial charge in [0.1, 0.15) is 11.6 Å². The number of nitrogens with zero attached hydrogens (tertiary/aromatic N) is 4. The van der Waals surface area contributed by atoms with E-state index in [1.807, 2.05) is 43.9 Å². The number of carbonyl (C=O) groups is 3. The highest BCUT2D eigenvalue weighted by atomic mass is 16.6. The number of imide groups is 1. The number of aryl methyl sites for hydroxylation is 1. The van der Waals surface area contributed by atoms with Crippen LogP contribution in [0.25, 0.3) is 22.2 Å². The zero-order valence-corrected chi connectivity index (χ0v) is 26.2. The summed E-state index contributed by atoms with van der Waals surface area (Å²) in [6.07, 6.45) is 4.95. The first-order valence-electron chi connectivity index (χ1n) is 15.9. The summed E-state index contributed by atoms with van der Waals surface area (Å²) in [5, 5.41) is 2.36. The lowest BCUT2D eigenvalue weighted by Crippen LogP contribution is -2.53. The number of carbonyl (C=O) groups excluding carboxylic acids is 3. The molecule has 1 aliphatic carbocycles. The molecular formula is C34H43N5O5. The summed E-state index contributed by atoms with van der Waals surface area (Å²) in [7, 11) is 1.72. The van der Waals surface area contributed by atoms with Gasteiger partial charge in [-0.3, -0.25) is 28.9 Å². The molecule has 3 aromatic rings. The molecule has 0 spiro atoms. The molecule has 1 unspecified atom stereocenters. The normalized spacial score (nSPS) is 23.5. The fourth-order valence-corrected chi connectivity index (χ4v) is 7.09. The third kappa shape index (κ3) is 6.04. The van der Waals surface area contributed by atoms with E-state index >= 15 is 0 Å². The van der Waals surface area contributed by atoms with E-state index in [0.717, 1.165) is 68.5 Å². The predicted molar refractivity (Wildman–Crippen MR) is 168 cm³/mol. The Morgan fingerprint density at radius 1 is 0.841 bits per heavy atom. The lowest BCUT2D eigenvalue weighted by Gasteiger charge is -2.42. The van der Waals surface area contributed by atoms with Crippen LogP contribution < -0.4 is 11.0 Å². The second-order valence-electron chi connectivity index (χ2n) is 13.5. The van der Waals surface area contributed by atoms with Gasteiger partial charge in [-0.2, -0.15) is 0 Å². The van der Waals surface area contributed by atoms with Crippen LogP contribution in [0.2, 0.25) is 0 Å². The standard InChI is InChI=1S/C34H43N5O5/c1-34(2,3)44-33(43)38-19-17-37(18-20-38)26-12-9-23(10-13-26)22-5-7-24(8-6-22)25-11-14-27-29(21-25)36(4)32(42)39(27)28-15-16-30(40)35-31(28)41/h5-8,11,14,21,23,26,28H,9-10,12-13,15-20H2,1-4H3,(H,35,40,41)/t23-,26+,28?. The second kappa shape index (κ2) is 11.9. The van der Waals surface area contributed by atoms with E-state index in [1.54, 1.807) is 11.6 Å². The molecule has 0 bridgehead atoms. The van der Waals surface area contributed by atoms with Crippen molar-refractivity contribution >= 4 is 28.9 Å². The van der Waals surface area contributed by atoms with Crippen molar-refractivity contribution in [1.82, 2.24) is 24.3 Å². The van der Waals surface area contributed by atoms with Gasteiger partial charge in [0.2, 0.25) is 11.8 Å². The van der Waals surface area contributed by atoms with Crippen LogP contribution in [0.4, 0.5) is 4.79 Å². The fourth-order valence-electron chi connectivity index (χ4n) is 7.09. The number of nitrogens with one attached hydrogen (secondary N) is 1. The van der Waals surface area contributed by atoms with E-state index in [9.17, 15) is 19.2 Å². The van der Waals surface area contributed by atoms with Crippen molar-refractivity contribution in [3.8, 4) is 11.1 Å². The van der Waals surface area contributed by atoms with Gasteiger partial charge >= 0.3 is 11.8 Å². The quantitative estimate of drug-likeness (QED) is 0.440. The van der Waals surface area contributed by atoms with Crippen LogP contribution >= 0.6 is 0 Å². The minimum atomic E-state index is -0.689. The number of amides is 3. The highest BCUT2D eigenvalue weighted by Crippen LogP contribution is 2.36. The molecule has 2 aliphatic heterocycles. The molecule has 3 heterocycles. The third-order valence-corrected chi connectivity index (χ3v) is 9.51. The number of piperazine rings is 1. The van der Waals surface area contributed by atoms with Crippen molar-refractivity contribution in [3.63, 3.8) is 0 Å². The number of fused-ring (bicyclic) bond motifs is 1. The molecule has 2 aromatic carbocycles. The summed E-state index contributed by atoms with van der Waals surface area (Å²) < 4.78 is 8.64. The molecule has 234 valence electrons. The van der Waals surface area contributed by atoms with Crippen LogP contribution in [-0.2, 0) is 21.4 Å². The predicted octanol–water partition coefficient (Wildman–Crippen LogP) is 4.56. The third-order valence-electron chi connectivity index (χ3n) is 9.51. The Morgan fingerprint density at radius 3 is 2.14 bits per heavy atom. The van der Waals surface area contributed by atoms with E-state index in [4.69, 9.17) is 4.74 Å². The van der Waals surface area contributed by atoms with E-state index < -0.39 is 17.6 Å². The molecule has 0 radical (unpaired) electrons. The molecule has 44 heavy (non-hydrogen) atoms. The largest absolute Gasteiger partial charge is 0.444 e. The summed E-state index contributed by atoms with van der Waals surface area (Å²) in [5.74, 6) is -0.187. The van der Waals surface area contributed by atoms with Gasteiger partial charge in [-0.1, -0.05) is 30.3 Å². The topological polar surface area (TPSA) is 106 Å². The van der Waals surface area contributed by atoms with Crippen molar-refractivity contribution < 1.29 is 19.1 Å². The van der Waals surface area contributed by atoms with Gasteiger partial charge in [-0.15, -0.1) is 0 Å². The number of ether oxygens (including phenoxy) is 1. The maximum atomic E-state index is 13.1. The number of hydrogen-bond donors (Lipinski definition) is 1. The summed E-state index contributed by atoms with van der Waals surface area (Å²) in [6.45, 7) is 8.95. The molecule has 1 atom stereocenters. The molecule has 2 saturated heterocycles. The van der Waals surface area contributed by atoms with Gasteiger partial charge in [-0.25, -0.2) is 9.59 Å². The second-order valence-corrected chi connectivity index (χ2v) is 13.5. The lowest BCUT2D eigenvalue weighted by molar-refractivity contribution is -0.135. The van der Waals surface area contributed by atoms with Gasteiger partial charge in [-0.05, 0) is 87.6 Å². The molecule has 3 fully saturated rings. The van der Waals surface area contributed by atoms with Crippen LogP contribution in [-0.4, -0.2) is 74.7 Å². The Balaban J connectivity index is 1.08. The Labute approximate surface area is 257 Å². The molecular weight excluding hydrogens is 558 g/mol. The van der Waals surface area contributed by atoms with E-state index in [1.165, 1.54) is 10.1 Å². The van der Waals surface area contributed by atoms with Gasteiger partial charge in [0.15, 0.2) is 0 Å². The molecule has 3 aliphatic rings. The minimum absolute atomic E-state index is 0.209. The highest BCUT2D eigenvalue weighted by Gasteiger charge is 2.33. The van der Waals surface area contributed by atoms with E-state index in [2.05, 4.69) is 34.5 Å². The number of benzene rings is 2. The van der Waals surface area contributed by atoms with Crippen LogP contribution in [0, 0.1) is 0 Å². The van der Waals surface area contributed by atoms with Crippen molar-refractivity contribution in [2.75, 3.05) is 26.2 Å². The van der Waals surface area contributed by atoms with Crippen molar-refractivity contribution in [3.05, 3.63) is 58.5 Å². The van der Waals surface area contributed by atoms with Crippen molar-refractivity contribution in [2.45, 2.75) is 82.9 Å². The Morgan fingerprint density at radius 2 is 1.50 bits per heavy atom. The Kier molecular flexibility index (Phi) is 8.13. The molecule has 1 N–H and O–H groups in total. The number of aromatic nitrogens is 2. The number of imidazole rings is 1. The van der Waals surface area contributed by atoms with Crippen LogP contribution in [0.5, 0.6) is 0 Å². The van der Waals surface area contributed by atoms with Gasteiger partial charge in [0.05, 0.1) is 11.0 Å². The monoisotopic (exact) mass is 601 g/mol. The van der Waals surface area contributed by atoms with Crippen molar-refractivity contribution in [1.29, 1.82) is 0 Å². The first-order valence-corrected chi connectivity index (χ1v) is 15.9. The average molecular weight is 602 g/mol. The summed E-state index contributed by atoms with van der Waals surface area (Å²) in [6, 6.07) is 14.6. The summed E-state index contributed by atoms with van der Waals surface area (Å²) >= 11 is 0. The summed E-state index contributed by atoms with van der Waals surface area (Å²) in [5.41, 5.74) is 4.16. The smallest absolute Gasteiger partial charge is 0.410 e. The first kappa shape index (κ1) is 30.1. The van der Waals surface area contributed by atoms with Crippen LogP contribution in [0.3, 0.4) is 0 Å². The zero-order chi connectivity index (χ0) is 31.2. The molecule has 1 saturated carbocycles. The molecule has 10 heteroatoms. The molecule has 3 amide bonds. The fraction of sp³-hybridized carbons (Fsp3) is 0.529. The lowest BCUT2D eigenvalue weighted by atomic mass is 9.80. The highest BCUT2D eigenvalue weighted by molar-refractivity contribution is 6.00. The Bertz CT molecular complexity index is 1620. The SMILES string of the molecule is Cn1c(=O)n(C2CCC(=O)NC2=O)c2ccc(-c3ccc([C@H]4CC[C@@H](N5CCN(C(=O)OC(C)(C)C)CC5)CC4)cc3)cc21. The minimum Gasteiger partial charge on any atom is -0.444 e. The van der Waals surface area contributed by atoms with E-state index in [-0.39, 0.29) is 24.1 Å². The van der Waals surface area contributed by atoms with Crippen molar-refractivity contribution in [2.24, 2.45) is 7.05 Å². The number of hydrogen-bond acceptors (Lipinski definition) is 6. The van der Waals surface area contributed by atoms with Crippen LogP contribution in [0.15, 0.2) is 47.3 Å². The number of piperidine rings is 1. The molecule has 10 nitrogen and oxygen atoms in total. The number of rotatable bonds is 4.